The molecule has 1 aliphatic heterocycles. The van der Waals surface area contributed by atoms with Gasteiger partial charge in [0.15, 0.2) is 11.5 Å². The zero-order valence-electron chi connectivity index (χ0n) is 18.5. The Morgan fingerprint density at radius 1 is 1.15 bits per heavy atom. The topological polar surface area (TPSA) is 103 Å². The maximum atomic E-state index is 12.9. The van der Waals surface area contributed by atoms with Gasteiger partial charge in [-0.05, 0) is 42.7 Å². The number of hydrogen-bond acceptors (Lipinski definition) is 6. The van der Waals surface area contributed by atoms with E-state index in [0.717, 1.165) is 24.0 Å². The van der Waals surface area contributed by atoms with Gasteiger partial charge in [-0.15, -0.1) is 0 Å². The Bertz CT molecular complexity index is 1060. The van der Waals surface area contributed by atoms with Crippen molar-refractivity contribution >= 4 is 11.8 Å². The number of aromatic nitrogens is 1. The Kier molecular flexibility index (Phi) is 7.36. The lowest BCUT2D eigenvalue weighted by molar-refractivity contribution is -0.123. The highest BCUT2D eigenvalue weighted by molar-refractivity contribution is 5.96. The number of benzene rings is 2. The fourth-order valence-electron chi connectivity index (χ4n) is 3.71. The molecule has 1 fully saturated rings. The van der Waals surface area contributed by atoms with Crippen LogP contribution in [0.1, 0.15) is 28.9 Å². The fraction of sp³-hybridized carbons (Fsp3) is 0.320. The second kappa shape index (κ2) is 10.8. The van der Waals surface area contributed by atoms with Crippen LogP contribution in [-0.4, -0.2) is 49.4 Å². The SMILES string of the molecule is COc1ccc(-c2cc(C(=O)N[C@@H](Cc3ccccc3)C(=O)NC[C@H]3CCCO3)no2)cc1. The molecule has 3 aromatic rings. The number of nitrogens with zero attached hydrogens (tertiary/aromatic N) is 1. The van der Waals surface area contributed by atoms with Crippen molar-refractivity contribution in [3.63, 3.8) is 0 Å². The Balaban J connectivity index is 1.44. The van der Waals surface area contributed by atoms with Gasteiger partial charge in [0.2, 0.25) is 5.91 Å². The second-order valence-electron chi connectivity index (χ2n) is 7.90. The van der Waals surface area contributed by atoms with E-state index in [2.05, 4.69) is 15.8 Å². The van der Waals surface area contributed by atoms with Gasteiger partial charge in [-0.2, -0.15) is 0 Å². The van der Waals surface area contributed by atoms with Gasteiger partial charge in [-0.25, -0.2) is 0 Å². The molecular formula is C25H27N3O5. The molecule has 0 radical (unpaired) electrons. The molecule has 8 nitrogen and oxygen atoms in total. The third-order valence-electron chi connectivity index (χ3n) is 5.55. The zero-order valence-corrected chi connectivity index (χ0v) is 18.5. The number of rotatable bonds is 9. The number of amides is 2. The summed E-state index contributed by atoms with van der Waals surface area (Å²) in [6.45, 7) is 1.14. The van der Waals surface area contributed by atoms with Crippen LogP contribution < -0.4 is 15.4 Å². The summed E-state index contributed by atoms with van der Waals surface area (Å²) < 4.78 is 16.1. The van der Waals surface area contributed by atoms with Crippen LogP contribution in [0.2, 0.25) is 0 Å². The summed E-state index contributed by atoms with van der Waals surface area (Å²) in [7, 11) is 1.59. The van der Waals surface area contributed by atoms with Crippen molar-refractivity contribution < 1.29 is 23.6 Å². The van der Waals surface area contributed by atoms with Crippen LogP contribution in [-0.2, 0) is 16.0 Å². The molecule has 2 N–H and O–H groups in total. The van der Waals surface area contributed by atoms with Crippen molar-refractivity contribution in [2.45, 2.75) is 31.4 Å². The van der Waals surface area contributed by atoms with Gasteiger partial charge in [-0.1, -0.05) is 35.5 Å². The van der Waals surface area contributed by atoms with Crippen molar-refractivity contribution in [2.75, 3.05) is 20.3 Å². The van der Waals surface area contributed by atoms with Gasteiger partial charge >= 0.3 is 0 Å². The van der Waals surface area contributed by atoms with Gasteiger partial charge in [0, 0.05) is 31.2 Å². The van der Waals surface area contributed by atoms with Gasteiger partial charge < -0.3 is 24.6 Å². The highest BCUT2D eigenvalue weighted by atomic mass is 16.5. The first-order chi connectivity index (χ1) is 16.1. The van der Waals surface area contributed by atoms with Crippen LogP contribution in [0, 0.1) is 0 Å². The first kappa shape index (κ1) is 22.5. The van der Waals surface area contributed by atoms with Crippen molar-refractivity contribution in [2.24, 2.45) is 0 Å². The normalized spacial score (nSPS) is 16.2. The van der Waals surface area contributed by atoms with E-state index in [1.807, 2.05) is 42.5 Å². The molecule has 4 rings (SSSR count). The van der Waals surface area contributed by atoms with E-state index in [9.17, 15) is 9.59 Å². The Morgan fingerprint density at radius 2 is 1.94 bits per heavy atom. The van der Waals surface area contributed by atoms with E-state index in [-0.39, 0.29) is 17.7 Å². The molecule has 2 amide bonds. The molecule has 172 valence electrons. The molecule has 2 aromatic carbocycles. The second-order valence-corrected chi connectivity index (χ2v) is 7.90. The van der Waals surface area contributed by atoms with Crippen LogP contribution in [0.4, 0.5) is 0 Å². The number of methoxy groups -OCH3 is 1. The minimum atomic E-state index is -0.762. The summed E-state index contributed by atoms with van der Waals surface area (Å²) in [5, 5.41) is 9.61. The number of carbonyl (C=O) groups excluding carboxylic acids is 2. The largest absolute Gasteiger partial charge is 0.497 e. The minimum Gasteiger partial charge on any atom is -0.497 e. The third kappa shape index (κ3) is 5.98. The summed E-state index contributed by atoms with van der Waals surface area (Å²) in [5.41, 5.74) is 1.80. The standard InChI is InChI=1S/C25H27N3O5/c1-31-19-11-9-18(10-12-19)23-15-22(28-33-23)25(30)27-21(14-17-6-3-2-4-7-17)24(29)26-16-20-8-5-13-32-20/h2-4,6-7,9-12,15,20-21H,5,8,13-14,16H2,1H3,(H,26,29)(H,27,30)/t20-,21+/m1/s1. The van der Waals surface area contributed by atoms with Crippen molar-refractivity contribution in [1.82, 2.24) is 15.8 Å². The van der Waals surface area contributed by atoms with E-state index in [1.54, 1.807) is 25.3 Å². The first-order valence-electron chi connectivity index (χ1n) is 11.0. The predicted molar refractivity (Wildman–Crippen MR) is 122 cm³/mol. The summed E-state index contributed by atoms with van der Waals surface area (Å²) in [6.07, 6.45) is 2.29. The molecule has 0 saturated carbocycles. The number of ether oxygens (including phenoxy) is 2. The molecular weight excluding hydrogens is 422 g/mol. The Labute approximate surface area is 192 Å². The van der Waals surface area contributed by atoms with Crippen LogP contribution >= 0.6 is 0 Å². The van der Waals surface area contributed by atoms with Gasteiger partial charge in [-0.3, -0.25) is 9.59 Å². The monoisotopic (exact) mass is 449 g/mol. The maximum absolute atomic E-state index is 12.9. The number of carbonyl (C=O) groups is 2. The Hall–Kier alpha value is -3.65. The smallest absolute Gasteiger partial charge is 0.274 e. The molecule has 1 aromatic heterocycles. The minimum absolute atomic E-state index is 0.0182. The molecule has 1 aliphatic rings. The third-order valence-corrected chi connectivity index (χ3v) is 5.55. The molecule has 2 heterocycles. The summed E-state index contributed by atoms with van der Waals surface area (Å²) in [5.74, 6) is 0.424. The highest BCUT2D eigenvalue weighted by Crippen LogP contribution is 2.23. The highest BCUT2D eigenvalue weighted by Gasteiger charge is 2.25. The van der Waals surface area contributed by atoms with Crippen LogP contribution in [0.5, 0.6) is 5.75 Å². The molecule has 1 saturated heterocycles. The van der Waals surface area contributed by atoms with Crippen molar-refractivity contribution in [1.29, 1.82) is 0 Å². The summed E-state index contributed by atoms with van der Waals surface area (Å²) in [6, 6.07) is 17.6. The van der Waals surface area contributed by atoms with Crippen molar-refractivity contribution in [3.05, 3.63) is 71.9 Å². The number of nitrogens with one attached hydrogen (secondary N) is 2. The fourth-order valence-corrected chi connectivity index (χ4v) is 3.71. The maximum Gasteiger partial charge on any atom is 0.274 e. The average molecular weight is 450 g/mol. The molecule has 8 heteroatoms. The molecule has 0 unspecified atom stereocenters. The molecule has 2 atom stereocenters. The lowest BCUT2D eigenvalue weighted by Crippen LogP contribution is -2.49. The van der Waals surface area contributed by atoms with E-state index < -0.39 is 11.9 Å². The molecule has 0 spiro atoms. The zero-order chi connectivity index (χ0) is 23.0. The molecule has 0 aliphatic carbocycles. The lowest BCUT2D eigenvalue weighted by Gasteiger charge is -2.19. The van der Waals surface area contributed by atoms with E-state index in [0.29, 0.717) is 31.1 Å². The summed E-state index contributed by atoms with van der Waals surface area (Å²) >= 11 is 0. The van der Waals surface area contributed by atoms with Crippen LogP contribution in [0.15, 0.2) is 65.2 Å². The quantitative estimate of drug-likeness (QED) is 0.521. The van der Waals surface area contributed by atoms with Crippen LogP contribution in [0.25, 0.3) is 11.3 Å². The van der Waals surface area contributed by atoms with E-state index in [4.69, 9.17) is 14.0 Å². The number of hydrogen-bond donors (Lipinski definition) is 2. The average Bonchev–Trinajstić information content (AvgIpc) is 3.55. The van der Waals surface area contributed by atoms with Crippen LogP contribution in [0.3, 0.4) is 0 Å². The summed E-state index contributed by atoms with van der Waals surface area (Å²) in [4.78, 5) is 25.8. The molecule has 0 bridgehead atoms. The van der Waals surface area contributed by atoms with E-state index >= 15 is 0 Å². The Morgan fingerprint density at radius 3 is 2.64 bits per heavy atom. The van der Waals surface area contributed by atoms with Crippen molar-refractivity contribution in [3.8, 4) is 17.1 Å². The van der Waals surface area contributed by atoms with Gasteiger partial charge in [0.25, 0.3) is 5.91 Å². The van der Waals surface area contributed by atoms with Gasteiger partial charge in [0.05, 0.1) is 13.2 Å². The van der Waals surface area contributed by atoms with E-state index in [1.165, 1.54) is 0 Å². The first-order valence-corrected chi connectivity index (χ1v) is 11.0. The predicted octanol–water partition coefficient (Wildman–Crippen LogP) is 2.99. The lowest BCUT2D eigenvalue weighted by atomic mass is 10.0. The molecule has 33 heavy (non-hydrogen) atoms. The van der Waals surface area contributed by atoms with Gasteiger partial charge in [0.1, 0.15) is 11.8 Å².